The van der Waals surface area contributed by atoms with Crippen LogP contribution < -0.4 is 10.5 Å². The van der Waals surface area contributed by atoms with Crippen LogP contribution in [0.3, 0.4) is 0 Å². The third-order valence-corrected chi connectivity index (χ3v) is 6.87. The average Bonchev–Trinajstić information content (AvgIpc) is 3.22. The summed E-state index contributed by atoms with van der Waals surface area (Å²) in [5, 5.41) is 7.50. The van der Waals surface area contributed by atoms with E-state index >= 15 is 0 Å². The smallest absolute Gasteiger partial charge is 0.280 e. The standard InChI is InChI=1S/C24H22FN5O2S/c1-15-3-5-17(6-4-15)30-23(31)21-16(2)33-14-19(21)22(27-30)24(32)29-11-9-28(10-12-29)18-7-8-20(25)26-13-18/h3-8,13-14H,9-12H2,1-2H3. The number of carbonyl (C=O) groups is 1. The quantitative estimate of drug-likeness (QED) is 0.435. The number of aryl methyl sites for hydroxylation is 2. The zero-order chi connectivity index (χ0) is 23.1. The molecule has 1 saturated heterocycles. The zero-order valence-electron chi connectivity index (χ0n) is 18.3. The maximum Gasteiger partial charge on any atom is 0.280 e. The molecule has 1 aliphatic heterocycles. The number of halogens is 1. The molecule has 0 aliphatic carbocycles. The van der Waals surface area contributed by atoms with E-state index in [1.54, 1.807) is 11.0 Å². The maximum atomic E-state index is 13.5. The van der Waals surface area contributed by atoms with E-state index in [4.69, 9.17) is 0 Å². The minimum absolute atomic E-state index is 0.199. The van der Waals surface area contributed by atoms with Gasteiger partial charge in [-0.1, -0.05) is 17.7 Å². The number of benzene rings is 1. The minimum atomic E-state index is -0.516. The summed E-state index contributed by atoms with van der Waals surface area (Å²) in [5.74, 6) is -0.715. The fraction of sp³-hybridized carbons (Fsp3) is 0.250. The first kappa shape index (κ1) is 21.3. The van der Waals surface area contributed by atoms with Gasteiger partial charge in [-0.25, -0.2) is 4.98 Å². The predicted octanol–water partition coefficient (Wildman–Crippen LogP) is 3.56. The lowest BCUT2D eigenvalue weighted by atomic mass is 10.1. The third-order valence-electron chi connectivity index (χ3n) is 5.96. The number of hydrogen-bond acceptors (Lipinski definition) is 6. The molecule has 168 valence electrons. The first-order chi connectivity index (χ1) is 15.9. The first-order valence-corrected chi connectivity index (χ1v) is 11.5. The van der Waals surface area contributed by atoms with Gasteiger partial charge in [-0.05, 0) is 38.1 Å². The molecule has 1 amide bonds. The van der Waals surface area contributed by atoms with E-state index < -0.39 is 5.95 Å². The van der Waals surface area contributed by atoms with Gasteiger partial charge in [0.1, 0.15) is 0 Å². The number of anilines is 1. The summed E-state index contributed by atoms with van der Waals surface area (Å²) < 4.78 is 14.5. The van der Waals surface area contributed by atoms with Crippen molar-refractivity contribution in [2.75, 3.05) is 31.1 Å². The van der Waals surface area contributed by atoms with E-state index in [0.717, 1.165) is 16.1 Å². The number of fused-ring (bicyclic) bond motifs is 1. The normalized spacial score (nSPS) is 14.2. The van der Waals surface area contributed by atoms with E-state index in [2.05, 4.69) is 15.0 Å². The number of nitrogens with zero attached hydrogens (tertiary/aromatic N) is 5. The van der Waals surface area contributed by atoms with Gasteiger partial charge in [0.05, 0.1) is 23.0 Å². The molecular weight excluding hydrogens is 441 g/mol. The first-order valence-electron chi connectivity index (χ1n) is 10.7. The van der Waals surface area contributed by atoms with Crippen molar-refractivity contribution >= 4 is 33.7 Å². The van der Waals surface area contributed by atoms with Crippen molar-refractivity contribution in [3.63, 3.8) is 0 Å². The fourth-order valence-corrected chi connectivity index (χ4v) is 4.93. The van der Waals surface area contributed by atoms with Crippen molar-refractivity contribution in [1.82, 2.24) is 19.7 Å². The number of carbonyl (C=O) groups excluding carboxylic acids is 1. The Labute approximate surface area is 193 Å². The Kier molecular flexibility index (Phi) is 5.41. The van der Waals surface area contributed by atoms with E-state index in [1.807, 2.05) is 43.5 Å². The summed E-state index contributed by atoms with van der Waals surface area (Å²) in [6.07, 6.45) is 1.50. The number of aromatic nitrogens is 3. The van der Waals surface area contributed by atoms with Crippen molar-refractivity contribution < 1.29 is 9.18 Å². The van der Waals surface area contributed by atoms with Crippen LogP contribution in [0.5, 0.6) is 0 Å². The number of thiophene rings is 1. The summed E-state index contributed by atoms with van der Waals surface area (Å²) in [6, 6.07) is 10.5. The van der Waals surface area contributed by atoms with Gasteiger partial charge in [-0.15, -0.1) is 11.3 Å². The van der Waals surface area contributed by atoms with Gasteiger partial charge < -0.3 is 9.80 Å². The predicted molar refractivity (Wildman–Crippen MR) is 127 cm³/mol. The molecule has 7 nitrogen and oxygen atoms in total. The maximum absolute atomic E-state index is 13.5. The lowest BCUT2D eigenvalue weighted by molar-refractivity contribution is 0.0741. The molecule has 0 N–H and O–H groups in total. The Morgan fingerprint density at radius 3 is 2.36 bits per heavy atom. The molecule has 33 heavy (non-hydrogen) atoms. The monoisotopic (exact) mass is 463 g/mol. The molecule has 9 heteroatoms. The van der Waals surface area contributed by atoms with Crippen LogP contribution >= 0.6 is 11.3 Å². The molecule has 1 fully saturated rings. The van der Waals surface area contributed by atoms with Crippen LogP contribution in [-0.2, 0) is 0 Å². The highest BCUT2D eigenvalue weighted by molar-refractivity contribution is 7.11. The van der Waals surface area contributed by atoms with Crippen LogP contribution in [0.25, 0.3) is 16.5 Å². The van der Waals surface area contributed by atoms with E-state index in [0.29, 0.717) is 42.6 Å². The van der Waals surface area contributed by atoms with Crippen molar-refractivity contribution in [3.05, 3.63) is 80.4 Å². The molecule has 0 atom stereocenters. The van der Waals surface area contributed by atoms with Crippen LogP contribution in [0, 0.1) is 19.8 Å². The zero-order valence-corrected chi connectivity index (χ0v) is 19.1. The summed E-state index contributed by atoms with van der Waals surface area (Å²) in [7, 11) is 0. The molecule has 3 aromatic heterocycles. The summed E-state index contributed by atoms with van der Waals surface area (Å²) in [5.41, 5.74) is 2.58. The van der Waals surface area contributed by atoms with E-state index in [9.17, 15) is 14.0 Å². The molecule has 0 unspecified atom stereocenters. The lowest BCUT2D eigenvalue weighted by Crippen LogP contribution is -2.49. The highest BCUT2D eigenvalue weighted by atomic mass is 32.1. The van der Waals surface area contributed by atoms with Gasteiger partial charge in [0, 0.05) is 41.8 Å². The van der Waals surface area contributed by atoms with Crippen LogP contribution in [0.2, 0.25) is 0 Å². The molecular formula is C24H22FN5O2S. The molecule has 0 bridgehead atoms. The second-order valence-electron chi connectivity index (χ2n) is 8.10. The molecule has 0 radical (unpaired) electrons. The fourth-order valence-electron chi connectivity index (χ4n) is 4.09. The van der Waals surface area contributed by atoms with Gasteiger partial charge >= 0.3 is 0 Å². The Morgan fingerprint density at radius 2 is 1.70 bits per heavy atom. The van der Waals surface area contributed by atoms with Crippen molar-refractivity contribution in [1.29, 1.82) is 0 Å². The van der Waals surface area contributed by atoms with Crippen LogP contribution in [0.1, 0.15) is 20.9 Å². The Balaban J connectivity index is 1.47. The van der Waals surface area contributed by atoms with Gasteiger partial charge in [0.2, 0.25) is 5.95 Å². The van der Waals surface area contributed by atoms with Crippen molar-refractivity contribution in [2.45, 2.75) is 13.8 Å². The van der Waals surface area contributed by atoms with Crippen LogP contribution in [0.15, 0.2) is 52.8 Å². The molecule has 0 spiro atoms. The van der Waals surface area contributed by atoms with Crippen molar-refractivity contribution in [2.24, 2.45) is 0 Å². The van der Waals surface area contributed by atoms with Gasteiger partial charge in [0.25, 0.3) is 11.5 Å². The second kappa shape index (κ2) is 8.40. The summed E-state index contributed by atoms with van der Waals surface area (Å²) in [4.78, 5) is 35.1. The van der Waals surface area contributed by atoms with Gasteiger partial charge in [0.15, 0.2) is 5.69 Å². The minimum Gasteiger partial charge on any atom is -0.367 e. The highest BCUT2D eigenvalue weighted by Gasteiger charge is 2.27. The molecule has 5 rings (SSSR count). The molecule has 4 aromatic rings. The van der Waals surface area contributed by atoms with Crippen LogP contribution in [0.4, 0.5) is 10.1 Å². The van der Waals surface area contributed by atoms with E-state index in [-0.39, 0.29) is 17.2 Å². The largest absolute Gasteiger partial charge is 0.367 e. The van der Waals surface area contributed by atoms with Gasteiger partial charge in [-0.2, -0.15) is 14.2 Å². The molecule has 1 aromatic carbocycles. The second-order valence-corrected chi connectivity index (χ2v) is 9.18. The van der Waals surface area contributed by atoms with Crippen LogP contribution in [-0.4, -0.2) is 51.8 Å². The summed E-state index contributed by atoms with van der Waals surface area (Å²) >= 11 is 1.45. The number of amides is 1. The molecule has 4 heterocycles. The Bertz CT molecular complexity index is 1390. The van der Waals surface area contributed by atoms with Gasteiger partial charge in [-0.3, -0.25) is 9.59 Å². The lowest BCUT2D eigenvalue weighted by Gasteiger charge is -2.35. The molecule has 1 aliphatic rings. The highest BCUT2D eigenvalue weighted by Crippen LogP contribution is 2.26. The number of hydrogen-bond donors (Lipinski definition) is 0. The SMILES string of the molecule is Cc1ccc(-n2nc(C(=O)N3CCN(c4ccc(F)nc4)CC3)c3csc(C)c3c2=O)cc1. The topological polar surface area (TPSA) is 71.3 Å². The average molecular weight is 464 g/mol. The Hall–Kier alpha value is -3.59. The van der Waals surface area contributed by atoms with E-state index in [1.165, 1.54) is 28.3 Å². The number of rotatable bonds is 3. The number of piperazine rings is 1. The number of pyridine rings is 1. The summed E-state index contributed by atoms with van der Waals surface area (Å²) in [6.45, 7) is 6.05. The van der Waals surface area contributed by atoms with Crippen molar-refractivity contribution in [3.8, 4) is 5.69 Å². The molecule has 0 saturated carbocycles. The Morgan fingerprint density at radius 1 is 1.00 bits per heavy atom. The third kappa shape index (κ3) is 3.89.